The number of nitrogens with one attached hydrogen (secondary N) is 1. The second kappa shape index (κ2) is 6.84. The lowest BCUT2D eigenvalue weighted by molar-refractivity contribution is 0.207. The molecule has 5 heteroatoms. The number of amides is 2. The van der Waals surface area contributed by atoms with Gasteiger partial charge < -0.3 is 10.2 Å². The second-order valence-corrected chi connectivity index (χ2v) is 7.37. The molecule has 1 fully saturated rings. The molecule has 0 radical (unpaired) electrons. The molecule has 0 aliphatic carbocycles. The second-order valence-electron chi connectivity index (χ2n) is 6.31. The van der Waals surface area contributed by atoms with Gasteiger partial charge in [0.05, 0.1) is 16.3 Å². The molecule has 25 heavy (non-hydrogen) atoms. The molecule has 2 heterocycles. The Kier molecular flexibility index (Phi) is 4.40. The number of carbonyl (C=O) groups excluding carboxylic acids is 1. The summed E-state index contributed by atoms with van der Waals surface area (Å²) in [6, 6.07) is 16.2. The number of para-hydroxylation sites is 2. The van der Waals surface area contributed by atoms with Crippen LogP contribution in [0.2, 0.25) is 0 Å². The number of nitrogens with zero attached hydrogens (tertiary/aromatic N) is 2. The van der Waals surface area contributed by atoms with Gasteiger partial charge in [-0.2, -0.15) is 0 Å². The number of rotatable bonds is 3. The zero-order valence-electron chi connectivity index (χ0n) is 14.2. The van der Waals surface area contributed by atoms with Crippen molar-refractivity contribution >= 4 is 33.3 Å². The van der Waals surface area contributed by atoms with Crippen molar-refractivity contribution in [3.05, 3.63) is 59.1 Å². The SMILES string of the molecule is CCc1ccccc1NC(=O)N1CCCC1c1nc2ccccc2s1. The van der Waals surface area contributed by atoms with Crippen molar-refractivity contribution in [1.82, 2.24) is 9.88 Å². The first-order valence-corrected chi connectivity index (χ1v) is 9.59. The number of urea groups is 1. The third-order valence-electron chi connectivity index (χ3n) is 4.75. The normalized spacial score (nSPS) is 17.2. The number of hydrogen-bond acceptors (Lipinski definition) is 3. The Morgan fingerprint density at radius 2 is 2.04 bits per heavy atom. The summed E-state index contributed by atoms with van der Waals surface area (Å²) in [5, 5.41) is 4.14. The van der Waals surface area contributed by atoms with Gasteiger partial charge in [0, 0.05) is 12.2 Å². The first kappa shape index (κ1) is 16.1. The average Bonchev–Trinajstić information content (AvgIpc) is 3.28. The molecular formula is C20H21N3OS. The summed E-state index contributed by atoms with van der Waals surface area (Å²) in [7, 11) is 0. The highest BCUT2D eigenvalue weighted by atomic mass is 32.1. The van der Waals surface area contributed by atoms with Crippen LogP contribution in [0.5, 0.6) is 0 Å². The van der Waals surface area contributed by atoms with Crippen LogP contribution >= 0.6 is 11.3 Å². The van der Waals surface area contributed by atoms with Crippen molar-refractivity contribution in [3.8, 4) is 0 Å². The van der Waals surface area contributed by atoms with Gasteiger partial charge in [-0.1, -0.05) is 37.3 Å². The molecule has 1 aliphatic rings. The number of carbonyl (C=O) groups is 1. The van der Waals surface area contributed by atoms with Gasteiger partial charge in [0.15, 0.2) is 0 Å². The smallest absolute Gasteiger partial charge is 0.315 e. The minimum Gasteiger partial charge on any atom is -0.315 e. The number of hydrogen-bond donors (Lipinski definition) is 1. The summed E-state index contributed by atoms with van der Waals surface area (Å²) in [6.07, 6.45) is 2.89. The molecule has 0 spiro atoms. The molecule has 0 saturated carbocycles. The lowest BCUT2D eigenvalue weighted by Gasteiger charge is -2.24. The molecule has 1 atom stereocenters. The van der Waals surface area contributed by atoms with Crippen molar-refractivity contribution < 1.29 is 4.79 Å². The van der Waals surface area contributed by atoms with Crippen molar-refractivity contribution in [2.75, 3.05) is 11.9 Å². The highest BCUT2D eigenvalue weighted by molar-refractivity contribution is 7.18. The first-order chi connectivity index (χ1) is 12.3. The summed E-state index contributed by atoms with van der Waals surface area (Å²) in [5.41, 5.74) is 3.09. The fourth-order valence-corrected chi connectivity index (χ4v) is 4.55. The molecule has 3 aromatic rings. The quantitative estimate of drug-likeness (QED) is 0.702. The van der Waals surface area contributed by atoms with Crippen molar-refractivity contribution in [2.45, 2.75) is 32.2 Å². The van der Waals surface area contributed by atoms with Crippen molar-refractivity contribution in [1.29, 1.82) is 0 Å². The predicted octanol–water partition coefficient (Wildman–Crippen LogP) is 5.23. The van der Waals surface area contributed by atoms with E-state index >= 15 is 0 Å². The Bertz CT molecular complexity index is 872. The Morgan fingerprint density at radius 1 is 1.24 bits per heavy atom. The van der Waals surface area contributed by atoms with E-state index in [1.807, 2.05) is 41.3 Å². The lowest BCUT2D eigenvalue weighted by atomic mass is 10.1. The Morgan fingerprint density at radius 3 is 2.88 bits per heavy atom. The molecule has 0 bridgehead atoms. The van der Waals surface area contributed by atoms with E-state index < -0.39 is 0 Å². The minimum absolute atomic E-state index is 0.0253. The van der Waals surface area contributed by atoms with E-state index in [2.05, 4.69) is 24.4 Å². The van der Waals surface area contributed by atoms with Crippen LogP contribution in [0.25, 0.3) is 10.2 Å². The van der Waals surface area contributed by atoms with Crippen LogP contribution in [0, 0.1) is 0 Å². The van der Waals surface area contributed by atoms with Gasteiger partial charge in [0.1, 0.15) is 5.01 Å². The summed E-state index contributed by atoms with van der Waals surface area (Å²) < 4.78 is 1.18. The fraction of sp³-hybridized carbons (Fsp3) is 0.300. The number of fused-ring (bicyclic) bond motifs is 1. The van der Waals surface area contributed by atoms with Crippen LogP contribution in [0.1, 0.15) is 36.4 Å². The highest BCUT2D eigenvalue weighted by Crippen LogP contribution is 2.36. The van der Waals surface area contributed by atoms with Gasteiger partial charge in [0.2, 0.25) is 0 Å². The van der Waals surface area contributed by atoms with Gasteiger partial charge in [0.25, 0.3) is 0 Å². The summed E-state index contributed by atoms with van der Waals surface area (Å²) in [4.78, 5) is 19.6. The monoisotopic (exact) mass is 351 g/mol. The van der Waals surface area contributed by atoms with Crippen LogP contribution in [-0.4, -0.2) is 22.5 Å². The molecule has 128 valence electrons. The van der Waals surface area contributed by atoms with E-state index in [9.17, 15) is 4.79 Å². The fourth-order valence-electron chi connectivity index (χ4n) is 3.44. The van der Waals surface area contributed by atoms with Gasteiger partial charge in [-0.25, -0.2) is 9.78 Å². The van der Waals surface area contributed by atoms with Crippen molar-refractivity contribution in [3.63, 3.8) is 0 Å². The molecular weight excluding hydrogens is 330 g/mol. The number of thiazole rings is 1. The van der Waals surface area contributed by atoms with Crippen LogP contribution in [0.4, 0.5) is 10.5 Å². The van der Waals surface area contributed by atoms with Crippen LogP contribution in [-0.2, 0) is 6.42 Å². The standard InChI is InChI=1S/C20H21N3OS/c1-2-14-8-3-4-9-15(14)22-20(24)23-13-7-11-17(23)19-21-16-10-5-6-12-18(16)25-19/h3-6,8-10,12,17H,2,7,11,13H2,1H3,(H,22,24). The highest BCUT2D eigenvalue weighted by Gasteiger charge is 2.32. The number of benzene rings is 2. The molecule has 4 nitrogen and oxygen atoms in total. The van der Waals surface area contributed by atoms with E-state index in [0.717, 1.165) is 47.6 Å². The third-order valence-corrected chi connectivity index (χ3v) is 5.89. The zero-order chi connectivity index (χ0) is 17.2. The molecule has 1 aliphatic heterocycles. The van der Waals surface area contributed by atoms with E-state index in [4.69, 9.17) is 4.98 Å². The average molecular weight is 351 g/mol. The molecule has 1 aromatic heterocycles. The van der Waals surface area contributed by atoms with E-state index in [1.165, 1.54) is 4.70 Å². The number of likely N-dealkylation sites (tertiary alicyclic amines) is 1. The maximum Gasteiger partial charge on any atom is 0.322 e. The van der Waals surface area contributed by atoms with Crippen LogP contribution in [0.3, 0.4) is 0 Å². The van der Waals surface area contributed by atoms with Crippen molar-refractivity contribution in [2.24, 2.45) is 0 Å². The molecule has 2 amide bonds. The van der Waals surface area contributed by atoms with Gasteiger partial charge in [-0.05, 0) is 43.0 Å². The summed E-state index contributed by atoms with van der Waals surface area (Å²) in [5.74, 6) is 0. The number of aromatic nitrogens is 1. The molecule has 1 unspecified atom stereocenters. The maximum absolute atomic E-state index is 12.9. The maximum atomic E-state index is 12.9. The van der Waals surface area contributed by atoms with Gasteiger partial charge >= 0.3 is 6.03 Å². The van der Waals surface area contributed by atoms with Gasteiger partial charge in [-0.3, -0.25) is 0 Å². The van der Waals surface area contributed by atoms with E-state index in [0.29, 0.717) is 0 Å². The van der Waals surface area contributed by atoms with Crippen LogP contribution < -0.4 is 5.32 Å². The summed E-state index contributed by atoms with van der Waals surface area (Å²) >= 11 is 1.70. The third kappa shape index (κ3) is 3.12. The Balaban J connectivity index is 1.57. The Labute approximate surface area is 151 Å². The first-order valence-electron chi connectivity index (χ1n) is 8.77. The summed E-state index contributed by atoms with van der Waals surface area (Å²) in [6.45, 7) is 2.88. The Hall–Kier alpha value is -2.40. The lowest BCUT2D eigenvalue weighted by Crippen LogP contribution is -2.34. The van der Waals surface area contributed by atoms with E-state index in [-0.39, 0.29) is 12.1 Å². The molecule has 2 aromatic carbocycles. The molecule has 4 rings (SSSR count). The molecule has 1 saturated heterocycles. The van der Waals surface area contributed by atoms with Crippen LogP contribution in [0.15, 0.2) is 48.5 Å². The topological polar surface area (TPSA) is 45.2 Å². The number of aryl methyl sites for hydroxylation is 1. The largest absolute Gasteiger partial charge is 0.322 e. The zero-order valence-corrected chi connectivity index (χ0v) is 15.1. The molecule has 1 N–H and O–H groups in total. The minimum atomic E-state index is -0.0253. The predicted molar refractivity (Wildman–Crippen MR) is 103 cm³/mol. The number of anilines is 1. The van der Waals surface area contributed by atoms with E-state index in [1.54, 1.807) is 11.3 Å². The van der Waals surface area contributed by atoms with Gasteiger partial charge in [-0.15, -0.1) is 11.3 Å².